The average molecular weight is 695 g/mol. The van der Waals surface area contributed by atoms with E-state index in [1.54, 1.807) is 23.1 Å². The number of carbonyl (C=O) groups excluding carboxylic acids is 5. The molecule has 4 aliphatic heterocycles. The third kappa shape index (κ3) is 9.41. The van der Waals surface area contributed by atoms with Crippen molar-refractivity contribution in [2.75, 3.05) is 39.8 Å². The molecule has 2 unspecified atom stereocenters. The number of nitrogens with one attached hydrogen (secondary N) is 2. The van der Waals surface area contributed by atoms with Crippen molar-refractivity contribution < 1.29 is 28.7 Å². The maximum Gasteiger partial charge on any atom is 0.323 e. The van der Waals surface area contributed by atoms with Gasteiger partial charge in [-0.1, -0.05) is 78.3 Å². The van der Waals surface area contributed by atoms with Crippen molar-refractivity contribution in [1.29, 1.82) is 0 Å². The molecule has 5 aliphatic rings. The van der Waals surface area contributed by atoms with Gasteiger partial charge in [-0.05, 0) is 57.0 Å². The predicted molar refractivity (Wildman–Crippen MR) is 196 cm³/mol. The lowest BCUT2D eigenvalue weighted by molar-refractivity contribution is -0.141. The molecule has 1 aromatic carbocycles. The molecule has 1 aliphatic carbocycles. The van der Waals surface area contributed by atoms with Crippen LogP contribution in [0.3, 0.4) is 0 Å². The summed E-state index contributed by atoms with van der Waals surface area (Å²) >= 11 is 0. The fraction of sp³-hybridized carbons (Fsp3) is 0.553. The highest BCUT2D eigenvalue weighted by molar-refractivity contribution is 6.10. The number of piperazine rings is 1. The maximum atomic E-state index is 13.0. The van der Waals surface area contributed by atoms with E-state index < -0.39 is 17.6 Å². The highest BCUT2D eigenvalue weighted by atomic mass is 16.5. The van der Waals surface area contributed by atoms with Crippen molar-refractivity contribution in [3.8, 4) is 5.75 Å². The monoisotopic (exact) mass is 694 g/mol. The van der Waals surface area contributed by atoms with Gasteiger partial charge in [0, 0.05) is 50.4 Å². The summed E-state index contributed by atoms with van der Waals surface area (Å²) < 4.78 is 5.09. The molecule has 6 amide bonds. The quantitative estimate of drug-likeness (QED) is 0.405. The van der Waals surface area contributed by atoms with Gasteiger partial charge in [-0.25, -0.2) is 4.79 Å². The van der Waals surface area contributed by atoms with E-state index in [9.17, 15) is 24.0 Å². The Hall–Kier alpha value is -4.45. The minimum Gasteiger partial charge on any atom is -0.497 e. The van der Waals surface area contributed by atoms with Gasteiger partial charge in [0.15, 0.2) is 5.66 Å². The summed E-state index contributed by atoms with van der Waals surface area (Å²) in [5, 5.41) is 4.64. The summed E-state index contributed by atoms with van der Waals surface area (Å²) in [6.45, 7) is 22.4. The molecule has 0 spiro atoms. The molecule has 6 rings (SSSR count). The Morgan fingerprint density at radius 1 is 0.960 bits per heavy atom. The summed E-state index contributed by atoms with van der Waals surface area (Å²) in [7, 11) is 1.52. The van der Waals surface area contributed by atoms with Gasteiger partial charge in [-0.2, -0.15) is 0 Å². The zero-order valence-corrected chi connectivity index (χ0v) is 31.7. The lowest BCUT2D eigenvalue weighted by Crippen LogP contribution is -2.58. The fourth-order valence-corrected chi connectivity index (χ4v) is 6.13. The second kappa shape index (κ2) is 19.7. The Balaban J connectivity index is 0.000000305. The average Bonchev–Trinajstić information content (AvgIpc) is 3.73. The van der Waals surface area contributed by atoms with Gasteiger partial charge in [0.25, 0.3) is 11.8 Å². The predicted octanol–water partition coefficient (Wildman–Crippen LogP) is 5.22. The van der Waals surface area contributed by atoms with E-state index in [0.29, 0.717) is 24.2 Å². The zero-order chi connectivity index (χ0) is 37.6. The number of likely N-dealkylation sites (N-methyl/N-ethyl adjacent to an activating group) is 1. The first kappa shape index (κ1) is 41.7. The van der Waals surface area contributed by atoms with E-state index in [2.05, 4.69) is 35.5 Å². The molecule has 12 heteroatoms. The number of benzene rings is 1. The molecule has 0 aromatic heterocycles. The molecule has 2 N–H and O–H groups in total. The van der Waals surface area contributed by atoms with Crippen LogP contribution in [0.25, 0.3) is 0 Å². The number of urea groups is 1. The third-order valence-corrected chi connectivity index (χ3v) is 8.88. The largest absolute Gasteiger partial charge is 0.497 e. The van der Waals surface area contributed by atoms with Crippen LogP contribution in [0.1, 0.15) is 97.5 Å². The number of allylic oxidation sites excluding steroid dienone is 5. The van der Waals surface area contributed by atoms with E-state index in [1.165, 1.54) is 24.5 Å². The normalized spacial score (nSPS) is 22.4. The Labute approximate surface area is 298 Å². The van der Waals surface area contributed by atoms with Crippen LogP contribution in [0.15, 0.2) is 53.8 Å². The second-order valence-corrected chi connectivity index (χ2v) is 11.6. The number of amides is 6. The number of imide groups is 1. The van der Waals surface area contributed by atoms with E-state index in [0.717, 1.165) is 50.4 Å². The van der Waals surface area contributed by atoms with Crippen molar-refractivity contribution >= 4 is 29.7 Å². The summed E-state index contributed by atoms with van der Waals surface area (Å²) in [5.41, 5.74) is 1.98. The first-order valence-electron chi connectivity index (χ1n) is 18.1. The lowest BCUT2D eigenvalue weighted by Gasteiger charge is -2.37. The summed E-state index contributed by atoms with van der Waals surface area (Å²) in [4.78, 5) is 68.4. The number of hydrogen-bond acceptors (Lipinski definition) is 7. The minimum atomic E-state index is -1.36. The number of rotatable bonds is 5. The van der Waals surface area contributed by atoms with E-state index in [1.807, 2.05) is 64.7 Å². The van der Waals surface area contributed by atoms with Crippen LogP contribution in [0, 0.1) is 0 Å². The number of carbonyl (C=O) groups is 5. The number of ether oxygens (including phenoxy) is 1. The van der Waals surface area contributed by atoms with Crippen molar-refractivity contribution in [2.45, 2.75) is 99.8 Å². The van der Waals surface area contributed by atoms with Gasteiger partial charge in [0.2, 0.25) is 11.8 Å². The van der Waals surface area contributed by atoms with Gasteiger partial charge in [-0.3, -0.25) is 24.5 Å². The van der Waals surface area contributed by atoms with Crippen molar-refractivity contribution in [1.82, 2.24) is 30.2 Å². The van der Waals surface area contributed by atoms with E-state index in [4.69, 9.17) is 4.74 Å². The summed E-state index contributed by atoms with van der Waals surface area (Å²) in [5.74, 6) is -0.0887. The first-order valence-corrected chi connectivity index (χ1v) is 18.1. The van der Waals surface area contributed by atoms with Crippen LogP contribution in [0.4, 0.5) is 4.79 Å². The second-order valence-electron chi connectivity index (χ2n) is 11.6. The molecule has 3 fully saturated rings. The van der Waals surface area contributed by atoms with Crippen LogP contribution >= 0.6 is 0 Å². The standard InChI is InChI=1S/C19H27N3O2.C13H13N3O4.3C2H6/c1-3-20-11-13-21(14-12-20)19(24)17-9-10-18(23)22(17)16-6-4-5-15(2)7-8-16;1-13(11(18)14-12(19)15-13)16-6-7-3-4-8(20-2)5-9(7)10(16)17;3*1-2/h5-8,17H,3-4,9-14H2,1-2H3;3-5H,6H2,1-2H3,(H2,14,15,18,19);3*1-2H3. The van der Waals surface area contributed by atoms with Gasteiger partial charge in [0.1, 0.15) is 11.8 Å². The van der Waals surface area contributed by atoms with Gasteiger partial charge < -0.3 is 29.7 Å². The Morgan fingerprint density at radius 3 is 2.20 bits per heavy atom. The summed E-state index contributed by atoms with van der Waals surface area (Å²) in [6, 6.07) is 4.24. The van der Waals surface area contributed by atoms with Gasteiger partial charge in [-0.15, -0.1) is 0 Å². The number of methoxy groups -OCH3 is 1. The maximum absolute atomic E-state index is 13.0. The molecule has 12 nitrogen and oxygen atoms in total. The zero-order valence-electron chi connectivity index (χ0n) is 31.7. The van der Waals surface area contributed by atoms with Crippen LogP contribution in [0.2, 0.25) is 0 Å². The number of nitrogens with zero attached hydrogens (tertiary/aromatic N) is 4. The molecule has 3 saturated heterocycles. The molecular weight excluding hydrogens is 636 g/mol. The minimum absolute atomic E-state index is 0.0657. The number of hydrogen-bond donors (Lipinski definition) is 2. The molecule has 4 heterocycles. The van der Waals surface area contributed by atoms with Gasteiger partial charge >= 0.3 is 6.03 Å². The fourth-order valence-electron chi connectivity index (χ4n) is 6.13. The SMILES string of the molecule is CC.CC.CC.CCN1CCN(C(=O)C2CCC(=O)N2C2=CCC=C(C)C=C2)CC1.COc1ccc2c(c1)C(=O)N(C1(C)NC(=O)NC1=O)C2. The molecule has 276 valence electrons. The third-order valence-electron chi connectivity index (χ3n) is 8.88. The topological polar surface area (TPSA) is 132 Å². The molecule has 0 saturated carbocycles. The van der Waals surface area contributed by atoms with Gasteiger partial charge in [0.05, 0.1) is 7.11 Å². The first-order chi connectivity index (χ1) is 24.0. The number of likely N-dealkylation sites (tertiary alicyclic amines) is 1. The molecule has 50 heavy (non-hydrogen) atoms. The van der Waals surface area contributed by atoms with Crippen LogP contribution in [0.5, 0.6) is 5.75 Å². The lowest BCUT2D eigenvalue weighted by atomic mass is 10.1. The van der Waals surface area contributed by atoms with Crippen LogP contribution < -0.4 is 15.4 Å². The molecular formula is C38H58N6O6. The van der Waals surface area contributed by atoms with Crippen molar-refractivity contribution in [2.24, 2.45) is 0 Å². The van der Waals surface area contributed by atoms with Crippen LogP contribution in [-0.2, 0) is 20.9 Å². The molecule has 0 bridgehead atoms. The van der Waals surface area contributed by atoms with E-state index in [-0.39, 0.29) is 30.3 Å². The highest BCUT2D eigenvalue weighted by Crippen LogP contribution is 2.32. The van der Waals surface area contributed by atoms with E-state index >= 15 is 0 Å². The molecule has 2 atom stereocenters. The molecule has 1 aromatic rings. The smallest absolute Gasteiger partial charge is 0.323 e. The van der Waals surface area contributed by atoms with Crippen molar-refractivity contribution in [3.05, 3.63) is 64.9 Å². The Bertz CT molecular complexity index is 1460. The van der Waals surface area contributed by atoms with Crippen LogP contribution in [-0.4, -0.2) is 101 Å². The van der Waals surface area contributed by atoms with Crippen molar-refractivity contribution in [3.63, 3.8) is 0 Å². The Morgan fingerprint density at radius 2 is 1.62 bits per heavy atom. The Kier molecular flexibility index (Phi) is 16.4. The summed E-state index contributed by atoms with van der Waals surface area (Å²) in [6.07, 6.45) is 10.1. The molecule has 0 radical (unpaired) electrons. The number of fused-ring (bicyclic) bond motifs is 1. The highest BCUT2D eigenvalue weighted by Gasteiger charge is 2.51.